The maximum Gasteiger partial charge on any atom is 0.341 e. The number of hydrogen-bond donors (Lipinski definition) is 2. The molecule has 0 fully saturated rings. The number of aliphatic carboxylic acids is 2. The Hall–Kier alpha value is -4.24. The van der Waals surface area contributed by atoms with Gasteiger partial charge >= 0.3 is 11.9 Å². The summed E-state index contributed by atoms with van der Waals surface area (Å²) in [4.78, 5) is 24.3. The largest absolute Gasteiger partial charge is 0.482 e. The zero-order chi connectivity index (χ0) is 32.7. The normalized spacial score (nSPS) is 12.0. The number of aryl methyl sites for hydroxylation is 1. The molecule has 0 saturated heterocycles. The summed E-state index contributed by atoms with van der Waals surface area (Å²) in [5, 5.41) is 18.1. The highest BCUT2D eigenvalue weighted by Gasteiger charge is 2.17. The van der Waals surface area contributed by atoms with Crippen molar-refractivity contribution in [3.05, 3.63) is 125 Å². The summed E-state index contributed by atoms with van der Waals surface area (Å²) in [6.45, 7) is 3.75. The lowest BCUT2D eigenvalue weighted by Crippen LogP contribution is -2.26. The first-order valence-corrected chi connectivity index (χ1v) is 17.0. The highest BCUT2D eigenvalue weighted by atomic mass is 32.2. The van der Waals surface area contributed by atoms with E-state index in [-0.39, 0.29) is 6.61 Å². The second kappa shape index (κ2) is 18.0. The molecule has 0 saturated carbocycles. The molecule has 1 atom stereocenters. The first-order chi connectivity index (χ1) is 22.3. The number of carbonyl (C=O) groups is 2. The zero-order valence-corrected chi connectivity index (χ0v) is 27.6. The van der Waals surface area contributed by atoms with Crippen LogP contribution in [0.15, 0.2) is 113 Å². The third-order valence-corrected chi connectivity index (χ3v) is 8.86. The lowest BCUT2D eigenvalue weighted by molar-refractivity contribution is -0.150. The molecular weight excluding hydrogens is 617 g/mol. The van der Waals surface area contributed by atoms with Crippen molar-refractivity contribution < 1.29 is 29.3 Å². The van der Waals surface area contributed by atoms with Gasteiger partial charge in [-0.25, -0.2) is 9.59 Å². The van der Waals surface area contributed by atoms with Crippen LogP contribution in [0.5, 0.6) is 5.75 Å². The summed E-state index contributed by atoms with van der Waals surface area (Å²) in [6, 6.07) is 30.8. The van der Waals surface area contributed by atoms with Crippen molar-refractivity contribution in [2.24, 2.45) is 0 Å². The van der Waals surface area contributed by atoms with E-state index in [4.69, 9.17) is 14.6 Å². The minimum atomic E-state index is -0.987. The first-order valence-electron chi connectivity index (χ1n) is 15.0. The van der Waals surface area contributed by atoms with E-state index in [2.05, 4.69) is 72.8 Å². The average molecular weight is 655 g/mol. The van der Waals surface area contributed by atoms with Gasteiger partial charge in [-0.2, -0.15) is 0 Å². The fourth-order valence-electron chi connectivity index (χ4n) is 4.60. The molecule has 0 heterocycles. The quantitative estimate of drug-likeness (QED) is 0.109. The minimum absolute atomic E-state index is 0.340. The Kier molecular flexibility index (Phi) is 13.6. The van der Waals surface area contributed by atoms with Crippen molar-refractivity contribution in [3.63, 3.8) is 0 Å². The molecule has 1 unspecified atom stereocenters. The van der Waals surface area contributed by atoms with Crippen LogP contribution in [-0.2, 0) is 20.7 Å². The molecule has 2 N–H and O–H groups in total. The molecular formula is C38H38O6S2. The Balaban J connectivity index is 1.20. The number of carboxylic acids is 2. The molecule has 0 amide bonds. The standard InChI is InChI=1S/C38H38O6S2/c1-3-43-36(38(41)42)25-30-12-18-33(19-13-30)45-22-4-6-28-8-14-31(15-9-28)32-16-10-29(11-17-32)7-5-23-46-34-20-21-35(27(2)24-34)44-26-37(39)40/h4-21,24,36H,3,22-23,25-26H2,1-2H3,(H,39,40)(H,41,42). The monoisotopic (exact) mass is 654 g/mol. The van der Waals surface area contributed by atoms with E-state index in [1.54, 1.807) is 30.4 Å². The lowest BCUT2D eigenvalue weighted by atomic mass is 10.0. The topological polar surface area (TPSA) is 93.1 Å². The molecule has 8 heteroatoms. The van der Waals surface area contributed by atoms with Gasteiger partial charge in [-0.3, -0.25) is 0 Å². The second-order valence-electron chi connectivity index (χ2n) is 10.4. The molecule has 4 rings (SSSR count). The van der Waals surface area contributed by atoms with Gasteiger partial charge in [0.15, 0.2) is 12.7 Å². The molecule has 6 nitrogen and oxygen atoms in total. The van der Waals surface area contributed by atoms with Gasteiger partial charge in [0, 0.05) is 34.3 Å². The van der Waals surface area contributed by atoms with Gasteiger partial charge in [-0.15, -0.1) is 23.5 Å². The number of rotatable bonds is 17. The summed E-state index contributed by atoms with van der Waals surface area (Å²) < 4.78 is 10.6. The van der Waals surface area contributed by atoms with Crippen molar-refractivity contribution in [2.45, 2.75) is 36.2 Å². The molecule has 238 valence electrons. The summed E-state index contributed by atoms with van der Waals surface area (Å²) >= 11 is 3.44. The van der Waals surface area contributed by atoms with E-state index in [9.17, 15) is 14.7 Å². The van der Waals surface area contributed by atoms with Gasteiger partial charge in [-0.1, -0.05) is 85.0 Å². The molecule has 0 aliphatic carbocycles. The number of hydrogen-bond acceptors (Lipinski definition) is 6. The van der Waals surface area contributed by atoms with Crippen LogP contribution in [0.25, 0.3) is 23.3 Å². The van der Waals surface area contributed by atoms with E-state index in [1.807, 2.05) is 49.4 Å². The van der Waals surface area contributed by atoms with E-state index < -0.39 is 18.0 Å². The Morgan fingerprint density at radius 1 is 0.761 bits per heavy atom. The third-order valence-electron chi connectivity index (χ3n) is 6.95. The van der Waals surface area contributed by atoms with E-state index in [1.165, 1.54) is 5.56 Å². The lowest BCUT2D eigenvalue weighted by Gasteiger charge is -2.12. The fraction of sp³-hybridized carbons (Fsp3) is 0.211. The molecule has 0 aliphatic rings. The summed E-state index contributed by atoms with van der Waals surface area (Å²) in [6.07, 6.45) is 8.07. The summed E-state index contributed by atoms with van der Waals surface area (Å²) in [5.74, 6) is 0.327. The van der Waals surface area contributed by atoms with E-state index in [0.717, 1.165) is 49.1 Å². The van der Waals surface area contributed by atoms with Crippen molar-refractivity contribution in [2.75, 3.05) is 24.7 Å². The van der Waals surface area contributed by atoms with Gasteiger partial charge in [0.2, 0.25) is 0 Å². The molecule has 0 radical (unpaired) electrons. The van der Waals surface area contributed by atoms with Crippen LogP contribution in [0, 0.1) is 6.92 Å². The Morgan fingerprint density at radius 3 is 1.80 bits per heavy atom. The van der Waals surface area contributed by atoms with Gasteiger partial charge in [0.25, 0.3) is 0 Å². The Morgan fingerprint density at radius 2 is 1.30 bits per heavy atom. The van der Waals surface area contributed by atoms with Crippen LogP contribution in [-0.4, -0.2) is 53.0 Å². The predicted octanol–water partition coefficient (Wildman–Crippen LogP) is 8.77. The van der Waals surface area contributed by atoms with Crippen molar-refractivity contribution in [1.29, 1.82) is 0 Å². The van der Waals surface area contributed by atoms with Crippen molar-refractivity contribution in [3.8, 4) is 16.9 Å². The Labute approximate surface area is 279 Å². The van der Waals surface area contributed by atoms with Crippen molar-refractivity contribution in [1.82, 2.24) is 0 Å². The maximum atomic E-state index is 11.3. The van der Waals surface area contributed by atoms with Crippen LogP contribution in [0.1, 0.15) is 29.2 Å². The van der Waals surface area contributed by atoms with Gasteiger partial charge in [0.05, 0.1) is 0 Å². The first kappa shape index (κ1) is 34.6. The summed E-state index contributed by atoms with van der Waals surface area (Å²) in [7, 11) is 0. The molecule has 4 aromatic rings. The van der Waals surface area contributed by atoms with E-state index in [0.29, 0.717) is 18.8 Å². The third kappa shape index (κ3) is 11.3. The molecule has 0 bridgehead atoms. The minimum Gasteiger partial charge on any atom is -0.482 e. The zero-order valence-electron chi connectivity index (χ0n) is 25.9. The smallest absolute Gasteiger partial charge is 0.341 e. The Bertz CT molecular complexity index is 1630. The fourth-order valence-corrected chi connectivity index (χ4v) is 6.12. The van der Waals surface area contributed by atoms with Crippen LogP contribution in [0.4, 0.5) is 0 Å². The highest BCUT2D eigenvalue weighted by molar-refractivity contribution is 7.99. The van der Waals surface area contributed by atoms with E-state index >= 15 is 0 Å². The average Bonchev–Trinajstić information content (AvgIpc) is 3.05. The number of benzene rings is 4. The van der Waals surface area contributed by atoms with Crippen LogP contribution in [0.3, 0.4) is 0 Å². The van der Waals surface area contributed by atoms with Crippen LogP contribution < -0.4 is 4.74 Å². The summed E-state index contributed by atoms with van der Waals surface area (Å²) in [5.41, 5.74) is 6.48. The van der Waals surface area contributed by atoms with Gasteiger partial charge in [0.1, 0.15) is 5.75 Å². The van der Waals surface area contributed by atoms with Crippen molar-refractivity contribution >= 4 is 47.6 Å². The van der Waals surface area contributed by atoms with Gasteiger partial charge < -0.3 is 19.7 Å². The molecule has 0 aliphatic heterocycles. The molecule has 46 heavy (non-hydrogen) atoms. The van der Waals surface area contributed by atoms with Gasteiger partial charge in [-0.05, 0) is 77.6 Å². The predicted molar refractivity (Wildman–Crippen MR) is 189 cm³/mol. The second-order valence-corrected chi connectivity index (χ2v) is 12.6. The van der Waals surface area contributed by atoms with Crippen LogP contribution in [0.2, 0.25) is 0 Å². The highest BCUT2D eigenvalue weighted by Crippen LogP contribution is 2.27. The SMILES string of the molecule is CCOC(Cc1ccc(SCC=Cc2ccc(-c3ccc(C=CCSc4ccc(OCC(=O)O)c(C)c4)cc3)cc2)cc1)C(=O)O. The maximum absolute atomic E-state index is 11.3. The molecule has 0 aromatic heterocycles. The van der Waals surface area contributed by atoms with Crippen LogP contribution >= 0.6 is 23.5 Å². The number of carboxylic acid groups (broad SMARTS) is 2. The number of thioether (sulfide) groups is 2. The molecule has 0 spiro atoms. The molecule has 4 aromatic carbocycles. The number of ether oxygens (including phenoxy) is 2.